The van der Waals surface area contributed by atoms with Crippen LogP contribution in [0.2, 0.25) is 0 Å². The van der Waals surface area contributed by atoms with E-state index in [9.17, 15) is 5.11 Å². The number of aliphatic hydroxyl groups is 1. The number of rotatable bonds is 3. The van der Waals surface area contributed by atoms with Gasteiger partial charge >= 0.3 is 0 Å². The van der Waals surface area contributed by atoms with Gasteiger partial charge in [0.2, 0.25) is 0 Å². The molecule has 2 nitrogen and oxygen atoms in total. The van der Waals surface area contributed by atoms with Crippen molar-refractivity contribution in [1.29, 1.82) is 0 Å². The highest BCUT2D eigenvalue weighted by atomic mass is 16.5. The van der Waals surface area contributed by atoms with Crippen LogP contribution >= 0.6 is 0 Å². The summed E-state index contributed by atoms with van der Waals surface area (Å²) in [5, 5.41) is 9.51. The molecule has 0 saturated carbocycles. The predicted molar refractivity (Wildman–Crippen MR) is 57.7 cm³/mol. The molecule has 0 aliphatic carbocycles. The standard InChI is InChI=1S/C12H18O2/c1-5-14-12-7-6-11(10(4)13)8(2)9(12)3/h6-7,10,13H,5H2,1-4H3. The van der Waals surface area contributed by atoms with Gasteiger partial charge in [0.15, 0.2) is 0 Å². The maximum absolute atomic E-state index is 9.51. The zero-order valence-corrected chi connectivity index (χ0v) is 9.29. The van der Waals surface area contributed by atoms with E-state index in [1.807, 2.05) is 32.9 Å². The molecule has 0 amide bonds. The number of hydrogen-bond donors (Lipinski definition) is 1. The fourth-order valence-electron chi connectivity index (χ4n) is 1.58. The first-order valence-corrected chi connectivity index (χ1v) is 4.98. The predicted octanol–water partition coefficient (Wildman–Crippen LogP) is 2.76. The van der Waals surface area contributed by atoms with E-state index in [0.29, 0.717) is 6.61 Å². The minimum atomic E-state index is -0.413. The van der Waals surface area contributed by atoms with Crippen LogP contribution in [0.25, 0.3) is 0 Å². The van der Waals surface area contributed by atoms with Crippen LogP contribution in [0.15, 0.2) is 12.1 Å². The Balaban J connectivity index is 3.12. The number of ether oxygens (including phenoxy) is 1. The van der Waals surface area contributed by atoms with Crippen molar-refractivity contribution >= 4 is 0 Å². The molecule has 1 atom stereocenters. The summed E-state index contributed by atoms with van der Waals surface area (Å²) in [7, 11) is 0. The lowest BCUT2D eigenvalue weighted by Crippen LogP contribution is -2.01. The Morgan fingerprint density at radius 3 is 2.43 bits per heavy atom. The third kappa shape index (κ3) is 2.07. The van der Waals surface area contributed by atoms with Crippen molar-refractivity contribution in [3.63, 3.8) is 0 Å². The SMILES string of the molecule is CCOc1ccc(C(C)O)c(C)c1C. The summed E-state index contributed by atoms with van der Waals surface area (Å²) >= 11 is 0. The van der Waals surface area contributed by atoms with Gasteiger partial charge in [0.1, 0.15) is 5.75 Å². The molecule has 1 rings (SSSR count). The van der Waals surface area contributed by atoms with Crippen molar-refractivity contribution in [3.8, 4) is 5.75 Å². The van der Waals surface area contributed by atoms with E-state index in [0.717, 1.165) is 22.4 Å². The molecule has 1 unspecified atom stereocenters. The van der Waals surface area contributed by atoms with Crippen LogP contribution in [0.4, 0.5) is 0 Å². The summed E-state index contributed by atoms with van der Waals surface area (Å²) in [5.41, 5.74) is 3.21. The summed E-state index contributed by atoms with van der Waals surface area (Å²) in [6.07, 6.45) is -0.413. The first-order valence-electron chi connectivity index (χ1n) is 4.98. The van der Waals surface area contributed by atoms with Gasteiger partial charge in [-0.1, -0.05) is 6.07 Å². The van der Waals surface area contributed by atoms with Gasteiger partial charge in [0, 0.05) is 0 Å². The van der Waals surface area contributed by atoms with Crippen LogP contribution < -0.4 is 4.74 Å². The van der Waals surface area contributed by atoms with Crippen LogP contribution in [0, 0.1) is 13.8 Å². The summed E-state index contributed by atoms with van der Waals surface area (Å²) in [5.74, 6) is 0.911. The molecule has 0 spiro atoms. The molecule has 14 heavy (non-hydrogen) atoms. The maximum atomic E-state index is 9.51. The molecule has 0 aliphatic rings. The lowest BCUT2D eigenvalue weighted by atomic mass is 9.99. The Labute approximate surface area is 85.5 Å². The Bertz CT molecular complexity index is 316. The van der Waals surface area contributed by atoms with E-state index in [2.05, 4.69) is 0 Å². The highest BCUT2D eigenvalue weighted by Gasteiger charge is 2.10. The monoisotopic (exact) mass is 194 g/mol. The third-order valence-electron chi connectivity index (χ3n) is 2.53. The van der Waals surface area contributed by atoms with Gasteiger partial charge in [-0.2, -0.15) is 0 Å². The van der Waals surface area contributed by atoms with Gasteiger partial charge in [-0.3, -0.25) is 0 Å². The van der Waals surface area contributed by atoms with E-state index in [4.69, 9.17) is 4.74 Å². The molecule has 0 heterocycles. The molecule has 1 N–H and O–H groups in total. The van der Waals surface area contributed by atoms with E-state index in [1.165, 1.54) is 0 Å². The molecule has 0 aliphatic heterocycles. The molecule has 0 fully saturated rings. The molecule has 0 radical (unpaired) electrons. The lowest BCUT2D eigenvalue weighted by Gasteiger charge is -2.15. The average Bonchev–Trinajstić information content (AvgIpc) is 2.13. The van der Waals surface area contributed by atoms with E-state index in [1.54, 1.807) is 6.92 Å². The molecular formula is C12H18O2. The van der Waals surface area contributed by atoms with Gasteiger partial charge in [0.25, 0.3) is 0 Å². The van der Waals surface area contributed by atoms with Crippen molar-refractivity contribution in [2.45, 2.75) is 33.8 Å². The van der Waals surface area contributed by atoms with Crippen molar-refractivity contribution in [2.75, 3.05) is 6.61 Å². The number of benzene rings is 1. The smallest absolute Gasteiger partial charge is 0.122 e. The first-order chi connectivity index (χ1) is 6.57. The van der Waals surface area contributed by atoms with Crippen molar-refractivity contribution in [2.24, 2.45) is 0 Å². The Morgan fingerprint density at radius 1 is 1.29 bits per heavy atom. The third-order valence-corrected chi connectivity index (χ3v) is 2.53. The first kappa shape index (κ1) is 11.1. The Hall–Kier alpha value is -1.02. The minimum absolute atomic E-state index is 0.413. The minimum Gasteiger partial charge on any atom is -0.494 e. The molecule has 1 aromatic carbocycles. The zero-order chi connectivity index (χ0) is 10.7. The molecule has 0 bridgehead atoms. The van der Waals surface area contributed by atoms with Crippen LogP contribution in [0.5, 0.6) is 5.75 Å². The quantitative estimate of drug-likeness (QED) is 0.801. The van der Waals surface area contributed by atoms with Gasteiger partial charge in [-0.05, 0) is 50.5 Å². The lowest BCUT2D eigenvalue weighted by molar-refractivity contribution is 0.198. The molecule has 0 aromatic heterocycles. The van der Waals surface area contributed by atoms with Gasteiger partial charge in [0.05, 0.1) is 12.7 Å². The van der Waals surface area contributed by atoms with Crippen LogP contribution in [0.3, 0.4) is 0 Å². The van der Waals surface area contributed by atoms with Gasteiger partial charge < -0.3 is 9.84 Å². The van der Waals surface area contributed by atoms with E-state index >= 15 is 0 Å². The second kappa shape index (κ2) is 4.47. The molecule has 1 aromatic rings. The van der Waals surface area contributed by atoms with Crippen LogP contribution in [-0.4, -0.2) is 11.7 Å². The highest BCUT2D eigenvalue weighted by molar-refractivity contribution is 5.44. The van der Waals surface area contributed by atoms with Crippen molar-refractivity contribution in [3.05, 3.63) is 28.8 Å². The Kier molecular flexibility index (Phi) is 3.53. The van der Waals surface area contributed by atoms with Crippen molar-refractivity contribution in [1.82, 2.24) is 0 Å². The zero-order valence-electron chi connectivity index (χ0n) is 9.29. The fourth-order valence-corrected chi connectivity index (χ4v) is 1.58. The van der Waals surface area contributed by atoms with Crippen LogP contribution in [0.1, 0.15) is 36.6 Å². The second-order valence-electron chi connectivity index (χ2n) is 3.51. The normalized spacial score (nSPS) is 12.6. The second-order valence-corrected chi connectivity index (χ2v) is 3.51. The summed E-state index contributed by atoms with van der Waals surface area (Å²) < 4.78 is 5.47. The van der Waals surface area contributed by atoms with Crippen LogP contribution in [-0.2, 0) is 0 Å². The van der Waals surface area contributed by atoms with Gasteiger partial charge in [-0.25, -0.2) is 0 Å². The summed E-state index contributed by atoms with van der Waals surface area (Å²) in [6, 6.07) is 3.85. The average molecular weight is 194 g/mol. The molecule has 2 heteroatoms. The molecule has 0 saturated heterocycles. The maximum Gasteiger partial charge on any atom is 0.122 e. The topological polar surface area (TPSA) is 29.5 Å². The molecule has 78 valence electrons. The van der Waals surface area contributed by atoms with Gasteiger partial charge in [-0.15, -0.1) is 0 Å². The number of aliphatic hydroxyl groups excluding tert-OH is 1. The number of hydrogen-bond acceptors (Lipinski definition) is 2. The molecular weight excluding hydrogens is 176 g/mol. The van der Waals surface area contributed by atoms with Crippen molar-refractivity contribution < 1.29 is 9.84 Å². The summed E-state index contributed by atoms with van der Waals surface area (Å²) in [4.78, 5) is 0. The van der Waals surface area contributed by atoms with E-state index in [-0.39, 0.29) is 0 Å². The highest BCUT2D eigenvalue weighted by Crippen LogP contribution is 2.27. The van der Waals surface area contributed by atoms with E-state index < -0.39 is 6.10 Å². The largest absolute Gasteiger partial charge is 0.494 e. The summed E-state index contributed by atoms with van der Waals surface area (Å²) in [6.45, 7) is 8.46. The Morgan fingerprint density at radius 2 is 1.93 bits per heavy atom. The fraction of sp³-hybridized carbons (Fsp3) is 0.500.